The molecule has 0 saturated heterocycles. The fourth-order valence-corrected chi connectivity index (χ4v) is 8.23. The van der Waals surface area contributed by atoms with E-state index in [-0.39, 0.29) is 40.6 Å². The Balaban J connectivity index is -0.00000304. The number of ether oxygens (including phenoxy) is 3. The van der Waals surface area contributed by atoms with Gasteiger partial charge in [-0.05, 0) is 156 Å². The number of rotatable bonds is 53. The zero-order valence-electron chi connectivity index (χ0n) is 49.7. The fourth-order valence-electron chi connectivity index (χ4n) is 8.23. The van der Waals surface area contributed by atoms with Crippen LogP contribution in [0.25, 0.3) is 0 Å². The van der Waals surface area contributed by atoms with E-state index in [1.54, 1.807) is 0 Å². The average molecular weight is 1040 g/mol. The van der Waals surface area contributed by atoms with Gasteiger partial charge in [0, 0.05) is 22.1 Å². The molecule has 0 aliphatic rings. The van der Waals surface area contributed by atoms with E-state index >= 15 is 0 Å². The van der Waals surface area contributed by atoms with Crippen molar-refractivity contribution in [3.05, 3.63) is 72.9 Å². The molecule has 0 radical (unpaired) electrons. The average Bonchev–Trinajstić information content (AvgIpc) is 3.39. The summed E-state index contributed by atoms with van der Waals surface area (Å²) in [6, 6.07) is 0. The van der Waals surface area contributed by atoms with Crippen LogP contribution in [0.4, 0.5) is 0 Å². The van der Waals surface area contributed by atoms with Crippen LogP contribution >= 0.6 is 0 Å². The second kappa shape index (κ2) is 60.6. The summed E-state index contributed by atoms with van der Waals surface area (Å²) in [7, 11) is 4.17. The molecule has 0 aromatic heterocycles. The molecular weight excluding hydrogens is 917 g/mol. The van der Waals surface area contributed by atoms with Crippen LogP contribution in [0.1, 0.15) is 281 Å². The zero-order valence-corrected chi connectivity index (χ0v) is 49.7. The number of nitrogens with one attached hydrogen (secondary N) is 1. The molecule has 74 heavy (non-hydrogen) atoms. The van der Waals surface area contributed by atoms with E-state index in [2.05, 4.69) is 132 Å². The smallest absolute Gasteiger partial charge is 0.305 e. The van der Waals surface area contributed by atoms with E-state index in [0.29, 0.717) is 25.8 Å². The van der Waals surface area contributed by atoms with Crippen LogP contribution in [0.3, 0.4) is 0 Å². The second-order valence-electron chi connectivity index (χ2n) is 20.9. The summed E-state index contributed by atoms with van der Waals surface area (Å²) in [6.07, 6.45) is 67.5. The van der Waals surface area contributed by atoms with E-state index in [1.807, 2.05) is 0 Å². The van der Waals surface area contributed by atoms with Crippen LogP contribution in [0.15, 0.2) is 72.9 Å². The van der Waals surface area contributed by atoms with Gasteiger partial charge in [0.15, 0.2) is 0 Å². The third-order valence-electron chi connectivity index (χ3n) is 12.9. The number of hydrogen-bond donors (Lipinski definition) is 1. The van der Waals surface area contributed by atoms with Crippen molar-refractivity contribution >= 4 is 17.9 Å². The number of esters is 3. The van der Waals surface area contributed by atoms with Gasteiger partial charge >= 0.3 is 17.9 Å². The van der Waals surface area contributed by atoms with Crippen molar-refractivity contribution in [2.24, 2.45) is 0 Å². The van der Waals surface area contributed by atoms with Gasteiger partial charge in [0.1, 0.15) is 25.4 Å². The van der Waals surface area contributed by atoms with Crippen molar-refractivity contribution in [1.29, 1.82) is 0 Å². The molecular formula is C66H124N2O6. The Morgan fingerprint density at radius 3 is 0.878 bits per heavy atom. The van der Waals surface area contributed by atoms with Gasteiger partial charge in [0.05, 0.1) is 0 Å². The SMILES string of the molecule is CCCCC/C=C\C/C=C\CCCCCCCC(=O)OCC(COC(=O)CCCCCCC/C=C\C/C=C\CCCCC)(COC(=O)CCCCCCC/C=C\C/C=C\CCCCC)NCCC.CCCN(C)C.[HH].[HH]. The van der Waals surface area contributed by atoms with Crippen LogP contribution in [0.5, 0.6) is 0 Å². The topological polar surface area (TPSA) is 94.2 Å². The van der Waals surface area contributed by atoms with E-state index in [4.69, 9.17) is 14.2 Å². The number of carbonyl (C=O) groups is 3. The minimum absolute atomic E-state index is 0. The highest BCUT2D eigenvalue weighted by Crippen LogP contribution is 2.16. The van der Waals surface area contributed by atoms with E-state index in [9.17, 15) is 14.4 Å². The Labute approximate surface area is 461 Å². The summed E-state index contributed by atoms with van der Waals surface area (Å²) in [5.74, 6) is -0.816. The van der Waals surface area contributed by atoms with Gasteiger partial charge in [0.2, 0.25) is 0 Å². The van der Waals surface area contributed by atoms with Crippen molar-refractivity contribution in [3.63, 3.8) is 0 Å². The molecule has 434 valence electrons. The van der Waals surface area contributed by atoms with Crippen LogP contribution in [0, 0.1) is 0 Å². The van der Waals surface area contributed by atoms with E-state index < -0.39 is 5.54 Å². The predicted molar refractivity (Wildman–Crippen MR) is 325 cm³/mol. The van der Waals surface area contributed by atoms with Crippen LogP contribution in [0.2, 0.25) is 0 Å². The lowest BCUT2D eigenvalue weighted by molar-refractivity contribution is -0.157. The summed E-state index contributed by atoms with van der Waals surface area (Å²) >= 11 is 0. The first kappa shape index (κ1) is 72.8. The molecule has 0 aromatic rings. The fraction of sp³-hybridized carbons (Fsp3) is 0.773. The largest absolute Gasteiger partial charge is 0.463 e. The summed E-state index contributed by atoms with van der Waals surface area (Å²) in [5, 5.41) is 3.46. The highest BCUT2D eigenvalue weighted by molar-refractivity contribution is 5.70. The first-order valence-corrected chi connectivity index (χ1v) is 31.0. The molecule has 0 saturated carbocycles. The van der Waals surface area contributed by atoms with E-state index in [0.717, 1.165) is 141 Å². The van der Waals surface area contributed by atoms with Gasteiger partial charge in [0.25, 0.3) is 0 Å². The minimum Gasteiger partial charge on any atom is -0.463 e. The molecule has 0 atom stereocenters. The van der Waals surface area contributed by atoms with Gasteiger partial charge in [-0.1, -0.05) is 204 Å². The summed E-state index contributed by atoms with van der Waals surface area (Å²) in [6.45, 7) is 12.7. The van der Waals surface area contributed by atoms with E-state index in [1.165, 1.54) is 90.0 Å². The summed E-state index contributed by atoms with van der Waals surface area (Å²) < 4.78 is 17.6. The first-order chi connectivity index (χ1) is 36.2. The van der Waals surface area contributed by atoms with Gasteiger partial charge in [-0.15, -0.1) is 0 Å². The maximum absolute atomic E-state index is 13.0. The van der Waals surface area contributed by atoms with Crippen molar-refractivity contribution < 1.29 is 31.4 Å². The molecule has 8 heteroatoms. The Bertz CT molecular complexity index is 1260. The lowest BCUT2D eigenvalue weighted by atomic mass is 10.0. The lowest BCUT2D eigenvalue weighted by Gasteiger charge is -2.33. The van der Waals surface area contributed by atoms with Crippen molar-refractivity contribution in [2.75, 3.05) is 47.0 Å². The molecule has 0 aliphatic carbocycles. The van der Waals surface area contributed by atoms with Gasteiger partial charge in [-0.2, -0.15) is 0 Å². The molecule has 0 amide bonds. The van der Waals surface area contributed by atoms with Crippen molar-refractivity contribution in [1.82, 2.24) is 10.2 Å². The van der Waals surface area contributed by atoms with Gasteiger partial charge in [-0.3, -0.25) is 14.4 Å². The zero-order chi connectivity index (χ0) is 54.5. The molecule has 0 fully saturated rings. The van der Waals surface area contributed by atoms with Crippen LogP contribution in [-0.4, -0.2) is 75.4 Å². The van der Waals surface area contributed by atoms with Crippen LogP contribution < -0.4 is 5.32 Å². The Morgan fingerprint density at radius 1 is 0.365 bits per heavy atom. The molecule has 0 heterocycles. The monoisotopic (exact) mass is 1040 g/mol. The normalized spacial score (nSPS) is 12.2. The number of carbonyl (C=O) groups excluding carboxylic acids is 3. The quantitative estimate of drug-likeness (QED) is 0.0279. The first-order valence-electron chi connectivity index (χ1n) is 31.0. The molecule has 0 aromatic carbocycles. The molecule has 0 spiro atoms. The minimum atomic E-state index is -1.01. The number of hydrogen-bond acceptors (Lipinski definition) is 8. The maximum atomic E-state index is 13.0. The number of nitrogens with zero attached hydrogens (tertiary/aromatic N) is 1. The molecule has 0 unspecified atom stereocenters. The van der Waals surface area contributed by atoms with Gasteiger partial charge in [-0.25, -0.2) is 0 Å². The van der Waals surface area contributed by atoms with Gasteiger partial charge < -0.3 is 24.4 Å². The van der Waals surface area contributed by atoms with Crippen molar-refractivity contribution in [2.45, 2.75) is 284 Å². The standard InChI is InChI=1S/C61H107NO6.C5H13N.2H2/c1-5-9-12-15-18-21-24-27-30-33-36-39-42-45-48-51-58(63)66-55-61(62-54-8-4,56-67-59(64)52-49-46-43-40-37-34-31-28-25-22-19-16-13-10-6-2)57-68-60(65)53-50-47-44-41-38-35-32-29-26-23-20-17-14-11-7-3;1-4-5-6(2)3;;/h18-23,27-32,62H,5-17,24-26,33-57H2,1-4H3;4-5H2,1-3H3;2*1H/b21-18-,22-19-,23-20-,30-27-,31-28-,32-29-;;;. The number of unbranched alkanes of at least 4 members (excludes halogenated alkanes) is 24. The summed E-state index contributed by atoms with van der Waals surface area (Å²) in [5.41, 5.74) is -1.01. The Morgan fingerprint density at radius 2 is 0.635 bits per heavy atom. The third-order valence-corrected chi connectivity index (χ3v) is 12.9. The number of allylic oxidation sites excluding steroid dienone is 12. The molecule has 0 bridgehead atoms. The molecule has 1 N–H and O–H groups in total. The summed E-state index contributed by atoms with van der Waals surface area (Å²) in [4.78, 5) is 41.2. The lowest BCUT2D eigenvalue weighted by Crippen LogP contribution is -2.57. The Kier molecular flexibility index (Phi) is 59.7. The predicted octanol–water partition coefficient (Wildman–Crippen LogP) is 19.2. The Hall–Kier alpha value is -3.23. The maximum Gasteiger partial charge on any atom is 0.305 e. The third kappa shape index (κ3) is 58.0. The van der Waals surface area contributed by atoms with Crippen LogP contribution in [-0.2, 0) is 28.6 Å². The highest BCUT2D eigenvalue weighted by atomic mass is 16.6. The molecule has 0 aliphatic heterocycles. The molecule has 8 nitrogen and oxygen atoms in total. The molecule has 0 rings (SSSR count). The highest BCUT2D eigenvalue weighted by Gasteiger charge is 2.35. The van der Waals surface area contributed by atoms with Crippen molar-refractivity contribution in [3.8, 4) is 0 Å². The second-order valence-corrected chi connectivity index (χ2v) is 20.9.